The molecule has 0 spiro atoms. The monoisotopic (exact) mass is 555 g/mol. The second kappa shape index (κ2) is 11.3. The Morgan fingerprint density at radius 1 is 0.683 bits per heavy atom. The molecular weight excluding hydrogens is 517 g/mol. The molecule has 1 aliphatic heterocycles. The predicted molar refractivity (Wildman–Crippen MR) is 177 cm³/mol. The number of para-hydroxylation sites is 1. The topological polar surface area (TPSA) is 32.6 Å². The van der Waals surface area contributed by atoms with Crippen molar-refractivity contribution in [1.29, 1.82) is 0 Å². The van der Waals surface area contributed by atoms with Crippen molar-refractivity contribution in [2.24, 2.45) is 4.99 Å². The Bertz CT molecular complexity index is 1680. The molecule has 1 saturated heterocycles. The quantitative estimate of drug-likeness (QED) is 0.208. The van der Waals surface area contributed by atoms with Crippen molar-refractivity contribution in [3.05, 3.63) is 138 Å². The lowest BCUT2D eigenvalue weighted by atomic mass is 9.72. The smallest absolute Gasteiger partial charge is 0.127 e. The number of aromatic hydroxyl groups is 1. The van der Waals surface area contributed by atoms with Crippen molar-refractivity contribution in [2.75, 3.05) is 6.16 Å². The van der Waals surface area contributed by atoms with E-state index in [0.29, 0.717) is 17.6 Å². The van der Waals surface area contributed by atoms with Crippen LogP contribution in [0.1, 0.15) is 68.2 Å². The summed E-state index contributed by atoms with van der Waals surface area (Å²) in [6.45, 7) is 9.05. The Morgan fingerprint density at radius 3 is 1.95 bits per heavy atom. The van der Waals surface area contributed by atoms with Crippen LogP contribution >= 0.6 is 7.92 Å². The molecule has 1 heterocycles. The zero-order chi connectivity index (χ0) is 28.6. The average Bonchev–Trinajstić information content (AvgIpc) is 3.37. The predicted octanol–water partition coefficient (Wildman–Crippen LogP) is 10.0. The normalized spacial score (nSPS) is 20.0. The van der Waals surface area contributed by atoms with Gasteiger partial charge in [-0.2, -0.15) is 0 Å². The summed E-state index contributed by atoms with van der Waals surface area (Å²) in [6, 6.07) is 40.8. The number of hydrogen-bond acceptors (Lipinski definition) is 2. The third-order valence-electron chi connectivity index (χ3n) is 8.60. The molecule has 3 heteroatoms. The summed E-state index contributed by atoms with van der Waals surface area (Å²) in [7, 11) is -0.742. The molecule has 2 nitrogen and oxygen atoms in total. The maximum Gasteiger partial charge on any atom is 0.127 e. The van der Waals surface area contributed by atoms with Gasteiger partial charge in [0.25, 0.3) is 0 Å². The standard InChI is InChI=1S/C38H38NOP/c1-26(2)31-20-13-21-32(27(3)4)35(31)39-37-38(29-15-7-5-8-16-29,24-25-41(37)30-17-9-6-10-18-30)34-23-22-28-14-11-12-19-33(28)36(34)40/h5-23,26-27,40H,24-25H2,1-4H3. The van der Waals surface area contributed by atoms with Gasteiger partial charge in [0.1, 0.15) is 5.75 Å². The van der Waals surface area contributed by atoms with Gasteiger partial charge in [-0.3, -0.25) is 4.99 Å². The fraction of sp³-hybridized carbons (Fsp3) is 0.237. The molecule has 5 aromatic carbocycles. The lowest BCUT2D eigenvalue weighted by Gasteiger charge is -2.34. The van der Waals surface area contributed by atoms with E-state index in [9.17, 15) is 5.11 Å². The van der Waals surface area contributed by atoms with Crippen LogP contribution in [-0.4, -0.2) is 16.7 Å². The van der Waals surface area contributed by atoms with Gasteiger partial charge >= 0.3 is 0 Å². The third kappa shape index (κ3) is 4.79. The molecule has 0 aromatic heterocycles. The van der Waals surface area contributed by atoms with Crippen LogP contribution in [0.2, 0.25) is 0 Å². The van der Waals surface area contributed by atoms with Gasteiger partial charge in [0, 0.05) is 10.9 Å². The molecule has 6 rings (SSSR count). The Hall–Kier alpha value is -3.74. The van der Waals surface area contributed by atoms with Crippen molar-refractivity contribution in [2.45, 2.75) is 51.4 Å². The van der Waals surface area contributed by atoms with Gasteiger partial charge in [-0.05, 0) is 59.7 Å². The second-order valence-electron chi connectivity index (χ2n) is 11.7. The van der Waals surface area contributed by atoms with E-state index < -0.39 is 13.3 Å². The molecule has 2 unspecified atom stereocenters. The number of aliphatic imine (C=N–C) groups is 1. The number of hydrogen-bond donors (Lipinski definition) is 1. The fourth-order valence-electron chi connectivity index (χ4n) is 6.50. The van der Waals surface area contributed by atoms with Crippen LogP contribution in [0.25, 0.3) is 10.8 Å². The molecule has 0 radical (unpaired) electrons. The minimum Gasteiger partial charge on any atom is -0.507 e. The molecule has 0 aliphatic carbocycles. The molecule has 41 heavy (non-hydrogen) atoms. The molecule has 0 bridgehead atoms. The van der Waals surface area contributed by atoms with Crippen molar-refractivity contribution < 1.29 is 5.11 Å². The lowest BCUT2D eigenvalue weighted by Crippen LogP contribution is -2.33. The number of fused-ring (bicyclic) bond motifs is 1. The van der Waals surface area contributed by atoms with Gasteiger partial charge < -0.3 is 5.11 Å². The largest absolute Gasteiger partial charge is 0.507 e. The Kier molecular flexibility index (Phi) is 7.54. The summed E-state index contributed by atoms with van der Waals surface area (Å²) >= 11 is 0. The maximum absolute atomic E-state index is 12.0. The molecule has 1 fully saturated rings. The summed E-state index contributed by atoms with van der Waals surface area (Å²) in [5.74, 6) is 1.06. The number of rotatable bonds is 6. The van der Waals surface area contributed by atoms with Crippen LogP contribution in [0.5, 0.6) is 5.75 Å². The minimum atomic E-state index is -0.742. The number of nitrogens with zero attached hydrogens (tertiary/aromatic N) is 1. The number of phenolic OH excluding ortho intramolecular Hbond substituents is 1. The minimum absolute atomic E-state index is 0.345. The first kappa shape index (κ1) is 27.4. The van der Waals surface area contributed by atoms with E-state index >= 15 is 0 Å². The first-order chi connectivity index (χ1) is 19.9. The molecule has 5 aromatic rings. The highest BCUT2D eigenvalue weighted by molar-refractivity contribution is 7.82. The first-order valence-corrected chi connectivity index (χ1v) is 16.3. The maximum atomic E-state index is 12.0. The van der Waals surface area contributed by atoms with E-state index in [2.05, 4.69) is 125 Å². The van der Waals surface area contributed by atoms with E-state index in [4.69, 9.17) is 4.99 Å². The van der Waals surface area contributed by atoms with E-state index in [-0.39, 0.29) is 0 Å². The van der Waals surface area contributed by atoms with Crippen LogP contribution in [0.3, 0.4) is 0 Å². The van der Waals surface area contributed by atoms with Gasteiger partial charge in [0.05, 0.1) is 16.6 Å². The summed E-state index contributed by atoms with van der Waals surface area (Å²) in [6.07, 6.45) is 1.91. The zero-order valence-corrected chi connectivity index (χ0v) is 25.3. The highest BCUT2D eigenvalue weighted by Gasteiger charge is 2.50. The molecule has 0 saturated carbocycles. The van der Waals surface area contributed by atoms with Crippen LogP contribution in [0, 0.1) is 0 Å². The van der Waals surface area contributed by atoms with Gasteiger partial charge in [-0.15, -0.1) is 0 Å². The van der Waals surface area contributed by atoms with Gasteiger partial charge in [0.2, 0.25) is 0 Å². The van der Waals surface area contributed by atoms with Gasteiger partial charge in [-0.25, -0.2) is 0 Å². The molecule has 206 valence electrons. The van der Waals surface area contributed by atoms with Gasteiger partial charge in [0.15, 0.2) is 0 Å². The third-order valence-corrected chi connectivity index (χ3v) is 11.2. The van der Waals surface area contributed by atoms with Crippen LogP contribution in [-0.2, 0) is 5.41 Å². The Morgan fingerprint density at radius 2 is 1.29 bits per heavy atom. The van der Waals surface area contributed by atoms with Crippen LogP contribution in [0.15, 0.2) is 120 Å². The van der Waals surface area contributed by atoms with E-state index in [1.54, 1.807) is 0 Å². The Labute approximate surface area is 245 Å². The van der Waals surface area contributed by atoms with Crippen molar-refractivity contribution in [3.8, 4) is 5.75 Å². The summed E-state index contributed by atoms with van der Waals surface area (Å²) in [5.41, 5.74) is 6.46. The molecule has 2 atom stereocenters. The molecular formula is C38H38NOP. The number of benzene rings is 5. The van der Waals surface area contributed by atoms with Crippen molar-refractivity contribution in [3.63, 3.8) is 0 Å². The SMILES string of the molecule is CC(C)c1cccc(C(C)C)c1N=C1P(c2ccccc2)CCC1(c1ccccc1)c1ccc2ccccc2c1O. The van der Waals surface area contributed by atoms with E-state index in [0.717, 1.165) is 34.6 Å². The average molecular weight is 556 g/mol. The molecule has 1 aliphatic rings. The van der Waals surface area contributed by atoms with Crippen molar-refractivity contribution in [1.82, 2.24) is 0 Å². The lowest BCUT2D eigenvalue weighted by molar-refractivity contribution is 0.464. The summed E-state index contributed by atoms with van der Waals surface area (Å²) in [5, 5.41) is 15.3. The Balaban J connectivity index is 1.73. The first-order valence-electron chi connectivity index (χ1n) is 14.7. The fourth-order valence-corrected chi connectivity index (χ4v) is 9.34. The second-order valence-corrected chi connectivity index (χ2v) is 14.0. The van der Waals surface area contributed by atoms with E-state index in [1.807, 2.05) is 18.2 Å². The molecule has 1 N–H and O–H groups in total. The van der Waals surface area contributed by atoms with Crippen molar-refractivity contribution >= 4 is 35.1 Å². The van der Waals surface area contributed by atoms with E-state index in [1.165, 1.54) is 27.4 Å². The summed E-state index contributed by atoms with van der Waals surface area (Å²) in [4.78, 5) is 5.82. The zero-order valence-electron chi connectivity index (χ0n) is 24.4. The van der Waals surface area contributed by atoms with Crippen LogP contribution < -0.4 is 5.30 Å². The van der Waals surface area contributed by atoms with Crippen LogP contribution in [0.4, 0.5) is 5.69 Å². The highest BCUT2D eigenvalue weighted by atomic mass is 31.1. The van der Waals surface area contributed by atoms with Gasteiger partial charge in [-0.1, -0.05) is 143 Å². The highest BCUT2D eigenvalue weighted by Crippen LogP contribution is 2.60. The summed E-state index contributed by atoms with van der Waals surface area (Å²) < 4.78 is 0. The number of phenols is 1. The molecule has 0 amide bonds.